The summed E-state index contributed by atoms with van der Waals surface area (Å²) in [6.07, 6.45) is 3.83. The zero-order valence-electron chi connectivity index (χ0n) is 15.3. The van der Waals surface area contributed by atoms with Crippen LogP contribution in [-0.4, -0.2) is 26.3 Å². The van der Waals surface area contributed by atoms with Gasteiger partial charge in [-0.15, -0.1) is 5.10 Å². The van der Waals surface area contributed by atoms with Gasteiger partial charge in [0.1, 0.15) is 5.82 Å². The summed E-state index contributed by atoms with van der Waals surface area (Å²) in [5.74, 6) is 0.620. The largest absolute Gasteiger partial charge is 0.349 e. The van der Waals surface area contributed by atoms with E-state index in [1.54, 1.807) is 0 Å². The molecule has 2 aromatic carbocycles. The number of nitrogens with one attached hydrogen (secondary N) is 2. The predicted molar refractivity (Wildman–Crippen MR) is 110 cm³/mol. The summed E-state index contributed by atoms with van der Waals surface area (Å²) < 4.78 is 0. The summed E-state index contributed by atoms with van der Waals surface area (Å²) in [5, 5.41) is 10.4. The first-order valence-electron chi connectivity index (χ1n) is 8.79. The Bertz CT molecular complexity index is 893. The first-order valence-corrected chi connectivity index (χ1v) is 9.67. The number of hydrogen-bond donors (Lipinski definition) is 2. The normalized spacial score (nSPS) is 13.4. The summed E-state index contributed by atoms with van der Waals surface area (Å²) in [6, 6.07) is 19.8. The average Bonchev–Trinajstić information content (AvgIpc) is 3.15. The van der Waals surface area contributed by atoms with Crippen LogP contribution in [0.4, 0.5) is 0 Å². The van der Waals surface area contributed by atoms with Gasteiger partial charge in [0.25, 0.3) is 0 Å². The standard InChI is InChI=1S/C21H22N4OS/c1-15(18-11-7-4-8-12-18)22-20(26)16(2)27-21-23-19(24-25-21)14-13-17-9-5-3-6-10-17/h3-16H,1-2H3,(H,22,26)(H,23,24,25)/b14-13+. The van der Waals surface area contributed by atoms with E-state index in [0.29, 0.717) is 11.0 Å². The summed E-state index contributed by atoms with van der Waals surface area (Å²) in [7, 11) is 0. The van der Waals surface area contributed by atoms with Crippen molar-refractivity contribution < 1.29 is 4.79 Å². The topological polar surface area (TPSA) is 70.7 Å². The van der Waals surface area contributed by atoms with Crippen molar-refractivity contribution in [1.29, 1.82) is 0 Å². The van der Waals surface area contributed by atoms with E-state index in [-0.39, 0.29) is 17.2 Å². The van der Waals surface area contributed by atoms with Crippen LogP contribution in [0.15, 0.2) is 65.8 Å². The number of benzene rings is 2. The lowest BCUT2D eigenvalue weighted by Gasteiger charge is -2.16. The number of hydrogen-bond acceptors (Lipinski definition) is 4. The molecule has 2 N–H and O–H groups in total. The van der Waals surface area contributed by atoms with E-state index >= 15 is 0 Å². The molecule has 0 bridgehead atoms. The predicted octanol–water partition coefficient (Wildman–Crippen LogP) is 4.33. The summed E-state index contributed by atoms with van der Waals surface area (Å²) >= 11 is 1.33. The van der Waals surface area contributed by atoms with Gasteiger partial charge in [-0.3, -0.25) is 9.89 Å². The molecule has 27 heavy (non-hydrogen) atoms. The molecule has 0 radical (unpaired) electrons. The minimum atomic E-state index is -0.294. The molecular weight excluding hydrogens is 356 g/mol. The van der Waals surface area contributed by atoms with Crippen molar-refractivity contribution in [2.75, 3.05) is 0 Å². The SMILES string of the molecule is CC(Sc1n[nH]c(/C=C/c2ccccc2)n1)C(=O)NC(C)c1ccccc1. The Kier molecular flexibility index (Phi) is 6.44. The van der Waals surface area contributed by atoms with Crippen molar-refractivity contribution >= 4 is 29.8 Å². The van der Waals surface area contributed by atoms with E-state index in [4.69, 9.17) is 0 Å². The highest BCUT2D eigenvalue weighted by molar-refractivity contribution is 8.00. The molecule has 1 amide bonds. The molecule has 0 aliphatic carbocycles. The fraction of sp³-hybridized carbons (Fsp3) is 0.190. The molecule has 2 atom stereocenters. The van der Waals surface area contributed by atoms with Gasteiger partial charge in [0.05, 0.1) is 11.3 Å². The smallest absolute Gasteiger partial charge is 0.233 e. The molecule has 3 aromatic rings. The molecule has 3 rings (SSSR count). The second-order valence-electron chi connectivity index (χ2n) is 6.15. The monoisotopic (exact) mass is 378 g/mol. The van der Waals surface area contributed by atoms with Crippen molar-refractivity contribution in [1.82, 2.24) is 20.5 Å². The first kappa shape index (κ1) is 18.9. The second kappa shape index (κ2) is 9.19. The van der Waals surface area contributed by atoms with Crippen molar-refractivity contribution in [3.05, 3.63) is 77.6 Å². The van der Waals surface area contributed by atoms with E-state index in [1.807, 2.05) is 86.7 Å². The molecule has 5 nitrogen and oxygen atoms in total. The third-order valence-electron chi connectivity index (χ3n) is 4.03. The van der Waals surface area contributed by atoms with Gasteiger partial charge in [-0.2, -0.15) is 0 Å². The van der Waals surface area contributed by atoms with E-state index < -0.39 is 0 Å². The molecule has 0 aliphatic heterocycles. The average molecular weight is 379 g/mol. The van der Waals surface area contributed by atoms with E-state index in [2.05, 4.69) is 20.5 Å². The third-order valence-corrected chi connectivity index (χ3v) is 4.99. The highest BCUT2D eigenvalue weighted by Gasteiger charge is 2.19. The number of carbonyl (C=O) groups is 1. The number of nitrogens with zero attached hydrogens (tertiary/aromatic N) is 2. The highest BCUT2D eigenvalue weighted by Crippen LogP contribution is 2.21. The number of thioether (sulfide) groups is 1. The number of aromatic nitrogens is 3. The van der Waals surface area contributed by atoms with Crippen LogP contribution >= 0.6 is 11.8 Å². The molecule has 0 spiro atoms. The Hall–Kier alpha value is -2.86. The van der Waals surface area contributed by atoms with E-state index in [1.165, 1.54) is 11.8 Å². The summed E-state index contributed by atoms with van der Waals surface area (Å²) in [6.45, 7) is 3.83. The van der Waals surface area contributed by atoms with Crippen molar-refractivity contribution in [2.45, 2.75) is 30.3 Å². The lowest BCUT2D eigenvalue weighted by molar-refractivity contribution is -0.120. The zero-order valence-corrected chi connectivity index (χ0v) is 16.1. The first-order chi connectivity index (χ1) is 13.1. The Morgan fingerprint density at radius 2 is 1.70 bits per heavy atom. The molecule has 0 saturated heterocycles. The molecular formula is C21H22N4OS. The Balaban J connectivity index is 1.55. The quantitative estimate of drug-likeness (QED) is 0.600. The molecule has 2 unspecified atom stereocenters. The minimum absolute atomic E-state index is 0.0393. The van der Waals surface area contributed by atoms with Crippen LogP contribution in [0.1, 0.15) is 36.8 Å². The van der Waals surface area contributed by atoms with Crippen LogP contribution in [0.5, 0.6) is 0 Å². The molecule has 0 aliphatic rings. The lowest BCUT2D eigenvalue weighted by Crippen LogP contribution is -2.33. The van der Waals surface area contributed by atoms with Gasteiger partial charge in [0, 0.05) is 0 Å². The van der Waals surface area contributed by atoms with Crippen LogP contribution in [0.3, 0.4) is 0 Å². The van der Waals surface area contributed by atoms with Gasteiger partial charge in [-0.05, 0) is 31.1 Å². The van der Waals surface area contributed by atoms with Crippen molar-refractivity contribution in [3.8, 4) is 0 Å². The number of amides is 1. The molecule has 138 valence electrons. The fourth-order valence-corrected chi connectivity index (χ4v) is 3.23. The third kappa shape index (κ3) is 5.56. The minimum Gasteiger partial charge on any atom is -0.349 e. The summed E-state index contributed by atoms with van der Waals surface area (Å²) in [5.41, 5.74) is 2.17. The molecule has 6 heteroatoms. The van der Waals surface area contributed by atoms with E-state index in [0.717, 1.165) is 11.1 Å². The van der Waals surface area contributed by atoms with Gasteiger partial charge in [-0.1, -0.05) is 78.5 Å². The van der Waals surface area contributed by atoms with E-state index in [9.17, 15) is 4.79 Å². The van der Waals surface area contributed by atoms with Crippen LogP contribution in [-0.2, 0) is 4.79 Å². The van der Waals surface area contributed by atoms with Crippen molar-refractivity contribution in [2.24, 2.45) is 0 Å². The van der Waals surface area contributed by atoms with Crippen LogP contribution in [0.2, 0.25) is 0 Å². The maximum absolute atomic E-state index is 12.4. The van der Waals surface area contributed by atoms with Gasteiger partial charge >= 0.3 is 0 Å². The summed E-state index contributed by atoms with van der Waals surface area (Å²) in [4.78, 5) is 16.9. The maximum Gasteiger partial charge on any atom is 0.233 e. The molecule has 1 aromatic heterocycles. The van der Waals surface area contributed by atoms with Crippen LogP contribution in [0, 0.1) is 0 Å². The number of carbonyl (C=O) groups excluding carboxylic acids is 1. The van der Waals surface area contributed by atoms with Gasteiger partial charge in [0.15, 0.2) is 0 Å². The zero-order chi connectivity index (χ0) is 19.1. The second-order valence-corrected chi connectivity index (χ2v) is 7.46. The van der Waals surface area contributed by atoms with Crippen LogP contribution in [0.25, 0.3) is 12.2 Å². The highest BCUT2D eigenvalue weighted by atomic mass is 32.2. The number of aromatic amines is 1. The molecule has 0 saturated carbocycles. The number of rotatable bonds is 7. The molecule has 1 heterocycles. The van der Waals surface area contributed by atoms with Crippen molar-refractivity contribution in [3.63, 3.8) is 0 Å². The van der Waals surface area contributed by atoms with Gasteiger partial charge < -0.3 is 5.32 Å². The Morgan fingerprint density at radius 1 is 1.04 bits per heavy atom. The maximum atomic E-state index is 12.4. The van der Waals surface area contributed by atoms with Crippen LogP contribution < -0.4 is 5.32 Å². The molecule has 0 fully saturated rings. The Labute approximate surface area is 163 Å². The Morgan fingerprint density at radius 3 is 2.41 bits per heavy atom. The van der Waals surface area contributed by atoms with Gasteiger partial charge in [0.2, 0.25) is 11.1 Å². The number of H-pyrrole nitrogens is 1. The van der Waals surface area contributed by atoms with Gasteiger partial charge in [-0.25, -0.2) is 4.98 Å². The fourth-order valence-electron chi connectivity index (χ4n) is 2.49. The lowest BCUT2D eigenvalue weighted by atomic mass is 10.1.